The topological polar surface area (TPSA) is 74.8 Å². The van der Waals surface area contributed by atoms with Crippen LogP contribution >= 0.6 is 0 Å². The second-order valence-electron chi connectivity index (χ2n) is 9.40. The molecule has 5 rings (SSSR count). The maximum atomic E-state index is 13.8. The maximum absolute atomic E-state index is 13.8. The van der Waals surface area contributed by atoms with Crippen molar-refractivity contribution >= 4 is 17.5 Å². The van der Waals surface area contributed by atoms with E-state index in [1.165, 1.54) is 17.0 Å². The molecule has 0 aromatic carbocycles. The van der Waals surface area contributed by atoms with E-state index in [0.29, 0.717) is 18.2 Å². The first-order chi connectivity index (χ1) is 15.0. The van der Waals surface area contributed by atoms with Gasteiger partial charge in [0.05, 0.1) is 26.2 Å². The molecule has 0 radical (unpaired) electrons. The minimum absolute atomic E-state index is 0.0247. The first-order valence-electron chi connectivity index (χ1n) is 10.8. The van der Waals surface area contributed by atoms with Crippen molar-refractivity contribution in [1.29, 1.82) is 0 Å². The molecule has 174 valence electrons. The molecule has 4 fully saturated rings. The predicted octanol–water partition coefficient (Wildman–Crippen LogP) is 2.31. The first kappa shape index (κ1) is 21.3. The van der Waals surface area contributed by atoms with Crippen molar-refractivity contribution in [2.45, 2.75) is 50.1 Å². The fourth-order valence-corrected chi connectivity index (χ4v) is 4.70. The third-order valence-corrected chi connectivity index (χ3v) is 6.59. The molecule has 2 unspecified atom stereocenters. The summed E-state index contributed by atoms with van der Waals surface area (Å²) in [5.74, 6) is -6.82. The number of ether oxygens (including phenoxy) is 1. The van der Waals surface area contributed by atoms with Gasteiger partial charge in [-0.2, -0.15) is 0 Å². The quantitative estimate of drug-likeness (QED) is 0.665. The normalized spacial score (nSPS) is 30.2. The van der Waals surface area contributed by atoms with Gasteiger partial charge in [0.1, 0.15) is 23.5 Å². The smallest absolute Gasteiger partial charge is 0.285 e. The Morgan fingerprint density at radius 3 is 2.56 bits per heavy atom. The van der Waals surface area contributed by atoms with Gasteiger partial charge in [0.25, 0.3) is 17.8 Å². The van der Waals surface area contributed by atoms with Crippen LogP contribution in [-0.4, -0.2) is 71.9 Å². The number of nitrogens with one attached hydrogen (secondary N) is 1. The van der Waals surface area contributed by atoms with Gasteiger partial charge in [-0.3, -0.25) is 9.59 Å². The Balaban J connectivity index is 1.30. The third kappa shape index (κ3) is 3.75. The van der Waals surface area contributed by atoms with Gasteiger partial charge in [-0.1, -0.05) is 6.92 Å². The van der Waals surface area contributed by atoms with Gasteiger partial charge < -0.3 is 19.9 Å². The third-order valence-electron chi connectivity index (χ3n) is 6.59. The molecule has 3 saturated heterocycles. The van der Waals surface area contributed by atoms with Crippen LogP contribution in [0.25, 0.3) is 0 Å². The number of halogens is 4. The summed E-state index contributed by atoms with van der Waals surface area (Å²) in [7, 11) is 0. The molecular weight excluding hydrogens is 432 g/mol. The average Bonchev–Trinajstić information content (AvgIpc) is 3.51. The lowest BCUT2D eigenvalue weighted by Crippen LogP contribution is -2.74. The number of fused-ring (bicyclic) bond motifs is 1. The Bertz CT molecular complexity index is 947. The van der Waals surface area contributed by atoms with Crippen LogP contribution in [0.4, 0.5) is 23.2 Å². The number of anilines is 1. The summed E-state index contributed by atoms with van der Waals surface area (Å²) >= 11 is 0. The number of rotatable bonds is 6. The van der Waals surface area contributed by atoms with Crippen LogP contribution in [0.1, 0.15) is 36.7 Å². The number of pyridine rings is 1. The zero-order chi connectivity index (χ0) is 22.8. The van der Waals surface area contributed by atoms with Crippen LogP contribution < -0.4 is 15.0 Å². The van der Waals surface area contributed by atoms with E-state index in [1.54, 1.807) is 6.92 Å². The molecular formula is C21H24F4N4O3. The molecule has 0 bridgehead atoms. The number of amides is 2. The zero-order valence-electron chi connectivity index (χ0n) is 17.5. The van der Waals surface area contributed by atoms with Crippen molar-refractivity contribution in [2.24, 2.45) is 11.8 Å². The Hall–Kier alpha value is -2.59. The highest BCUT2D eigenvalue weighted by atomic mass is 19.3. The van der Waals surface area contributed by atoms with Crippen molar-refractivity contribution in [2.75, 3.05) is 31.1 Å². The minimum atomic E-state index is -2.90. The molecule has 3 atom stereocenters. The lowest BCUT2D eigenvalue weighted by atomic mass is 9.78. The van der Waals surface area contributed by atoms with Crippen molar-refractivity contribution in [3.05, 3.63) is 17.8 Å². The summed E-state index contributed by atoms with van der Waals surface area (Å²) in [6, 6.07) is 0.855. The molecule has 1 aliphatic carbocycles. The molecule has 11 heteroatoms. The molecule has 4 heterocycles. The number of carbonyl (C=O) groups excluding carboxylic acids is 2. The van der Waals surface area contributed by atoms with Gasteiger partial charge in [0.15, 0.2) is 0 Å². The van der Waals surface area contributed by atoms with Gasteiger partial charge in [-0.15, -0.1) is 0 Å². The van der Waals surface area contributed by atoms with Crippen molar-refractivity contribution < 1.29 is 31.9 Å². The second kappa shape index (κ2) is 7.21. The van der Waals surface area contributed by atoms with Gasteiger partial charge in [0.2, 0.25) is 11.8 Å². The monoisotopic (exact) mass is 456 g/mol. The van der Waals surface area contributed by atoms with Gasteiger partial charge in [-0.25, -0.2) is 22.5 Å². The number of alkyl halides is 4. The molecule has 7 nitrogen and oxygen atoms in total. The molecule has 2 amide bonds. The summed E-state index contributed by atoms with van der Waals surface area (Å²) in [5, 5.41) is 2.60. The predicted molar refractivity (Wildman–Crippen MR) is 105 cm³/mol. The van der Waals surface area contributed by atoms with Gasteiger partial charge >= 0.3 is 0 Å². The lowest BCUT2D eigenvalue weighted by Gasteiger charge is -2.54. The van der Waals surface area contributed by atoms with E-state index in [0.717, 1.165) is 17.7 Å². The molecule has 1 saturated carbocycles. The molecule has 0 spiro atoms. The van der Waals surface area contributed by atoms with Gasteiger partial charge in [-0.05, 0) is 43.2 Å². The van der Waals surface area contributed by atoms with Crippen molar-refractivity contribution in [3.8, 4) is 5.88 Å². The second-order valence-corrected chi connectivity index (χ2v) is 9.40. The van der Waals surface area contributed by atoms with E-state index >= 15 is 0 Å². The number of hydrogen-bond acceptors (Lipinski definition) is 5. The van der Waals surface area contributed by atoms with Crippen molar-refractivity contribution in [3.63, 3.8) is 0 Å². The van der Waals surface area contributed by atoms with E-state index in [4.69, 9.17) is 4.74 Å². The van der Waals surface area contributed by atoms with Crippen LogP contribution in [0.2, 0.25) is 0 Å². The Morgan fingerprint density at radius 1 is 1.22 bits per heavy atom. The van der Waals surface area contributed by atoms with Crippen LogP contribution in [0, 0.1) is 11.8 Å². The average molecular weight is 456 g/mol. The SMILES string of the molecule is CC1C[C@H](NC(=O)c2ccc(N3CC(F)(F)C3)c(OCC3CC3)n2)C(=O)N2CC(F)(F)C12. The lowest BCUT2D eigenvalue weighted by molar-refractivity contribution is -0.216. The van der Waals surface area contributed by atoms with Crippen LogP contribution in [0.3, 0.4) is 0 Å². The number of aromatic nitrogens is 1. The Labute approximate surface area is 182 Å². The standard InChI is InChI=1S/C21H24F4N4O3/c1-11-6-14(19(31)29-10-21(24,25)16(11)29)26-17(30)13-4-5-15(28-8-20(22,23)9-28)18(27-13)32-7-12-2-3-12/h4-5,11-12,14,16H,2-3,6-10H2,1H3,(H,26,30)/t11?,14-,16?/m0/s1. The van der Waals surface area contributed by atoms with E-state index in [1.807, 2.05) is 0 Å². The summed E-state index contributed by atoms with van der Waals surface area (Å²) < 4.78 is 59.9. The van der Waals surface area contributed by atoms with E-state index in [-0.39, 0.29) is 18.0 Å². The molecule has 1 N–H and O–H groups in total. The fourth-order valence-electron chi connectivity index (χ4n) is 4.70. The van der Waals surface area contributed by atoms with E-state index in [9.17, 15) is 27.2 Å². The maximum Gasteiger partial charge on any atom is 0.285 e. The van der Waals surface area contributed by atoms with Crippen LogP contribution in [0.15, 0.2) is 12.1 Å². The summed E-state index contributed by atoms with van der Waals surface area (Å²) in [6.45, 7) is 0.487. The van der Waals surface area contributed by atoms with E-state index in [2.05, 4.69) is 10.3 Å². The fraction of sp³-hybridized carbons (Fsp3) is 0.667. The van der Waals surface area contributed by atoms with Crippen LogP contribution in [0.5, 0.6) is 5.88 Å². The number of nitrogens with zero attached hydrogens (tertiary/aromatic N) is 3. The molecule has 4 aliphatic rings. The molecule has 1 aromatic rings. The number of carbonyl (C=O) groups is 2. The zero-order valence-corrected chi connectivity index (χ0v) is 17.5. The first-order valence-corrected chi connectivity index (χ1v) is 10.8. The van der Waals surface area contributed by atoms with E-state index < -0.39 is 61.3 Å². The number of piperidine rings is 1. The Kier molecular flexibility index (Phi) is 4.79. The molecule has 32 heavy (non-hydrogen) atoms. The van der Waals surface area contributed by atoms with Crippen molar-refractivity contribution in [1.82, 2.24) is 15.2 Å². The minimum Gasteiger partial charge on any atom is -0.476 e. The molecule has 1 aromatic heterocycles. The highest BCUT2D eigenvalue weighted by Crippen LogP contribution is 2.44. The van der Waals surface area contributed by atoms with Crippen LogP contribution in [-0.2, 0) is 4.79 Å². The Morgan fingerprint density at radius 2 is 1.94 bits per heavy atom. The van der Waals surface area contributed by atoms with Gasteiger partial charge in [0, 0.05) is 0 Å². The largest absolute Gasteiger partial charge is 0.476 e. The summed E-state index contributed by atoms with van der Waals surface area (Å²) in [4.78, 5) is 32.1. The summed E-state index contributed by atoms with van der Waals surface area (Å²) in [5.41, 5.74) is 0.365. The highest BCUT2D eigenvalue weighted by Gasteiger charge is 2.62. The molecule has 3 aliphatic heterocycles. The number of hydrogen-bond donors (Lipinski definition) is 1. The highest BCUT2D eigenvalue weighted by molar-refractivity contribution is 5.97. The summed E-state index contributed by atoms with van der Waals surface area (Å²) in [6.07, 6.45) is 2.15.